The van der Waals surface area contributed by atoms with Crippen molar-refractivity contribution in [2.75, 3.05) is 6.79 Å². The molecule has 0 spiro atoms. The molecule has 0 fully saturated rings. The number of fused-ring (bicyclic) bond motifs is 2. The van der Waals surface area contributed by atoms with Gasteiger partial charge in [0.25, 0.3) is 0 Å². The number of rotatable bonds is 3. The minimum absolute atomic E-state index is 0.0333. The average molecular weight is 335 g/mol. The summed E-state index contributed by atoms with van der Waals surface area (Å²) in [5, 5.41) is 0.807. The standard InChI is InChI=1S/C18H17N5O2/c1-10-11(6-7-14-16(10)25-9-24-14)8-15-21-13-5-3-2-4-12(13)17(22-15)23-18(19)20/h2-7H,8-9H2,1H3,(H4,19,20,21,22,23). The van der Waals surface area contributed by atoms with E-state index in [0.29, 0.717) is 18.1 Å². The van der Waals surface area contributed by atoms with Crippen molar-refractivity contribution >= 4 is 22.7 Å². The average Bonchev–Trinajstić information content (AvgIpc) is 3.06. The fraction of sp³-hybridized carbons (Fsp3) is 0.167. The number of guanidine groups is 1. The van der Waals surface area contributed by atoms with E-state index in [1.165, 1.54) is 0 Å². The van der Waals surface area contributed by atoms with Gasteiger partial charge in [-0.25, -0.2) is 9.97 Å². The molecule has 25 heavy (non-hydrogen) atoms. The Hall–Kier alpha value is -3.35. The van der Waals surface area contributed by atoms with Gasteiger partial charge in [0.05, 0.1) is 5.52 Å². The molecule has 0 saturated carbocycles. The van der Waals surface area contributed by atoms with Gasteiger partial charge in [-0.1, -0.05) is 18.2 Å². The molecular formula is C18H17N5O2. The van der Waals surface area contributed by atoms with Crippen LogP contribution in [0, 0.1) is 6.92 Å². The minimum atomic E-state index is -0.0333. The minimum Gasteiger partial charge on any atom is -0.454 e. The zero-order chi connectivity index (χ0) is 17.4. The molecule has 1 aromatic heterocycles. The second-order valence-electron chi connectivity index (χ2n) is 5.78. The van der Waals surface area contributed by atoms with Gasteiger partial charge >= 0.3 is 0 Å². The van der Waals surface area contributed by atoms with E-state index in [0.717, 1.165) is 33.5 Å². The van der Waals surface area contributed by atoms with Crippen LogP contribution in [0.2, 0.25) is 0 Å². The van der Waals surface area contributed by atoms with Crippen LogP contribution in [0.3, 0.4) is 0 Å². The maximum atomic E-state index is 5.54. The molecule has 0 amide bonds. The molecule has 7 heteroatoms. The Morgan fingerprint density at radius 2 is 1.96 bits per heavy atom. The van der Waals surface area contributed by atoms with Crippen molar-refractivity contribution in [3.8, 4) is 11.5 Å². The molecular weight excluding hydrogens is 318 g/mol. The lowest BCUT2D eigenvalue weighted by Crippen LogP contribution is -2.22. The summed E-state index contributed by atoms with van der Waals surface area (Å²) in [6.07, 6.45) is 0.542. The van der Waals surface area contributed by atoms with Crippen molar-refractivity contribution < 1.29 is 9.47 Å². The molecule has 3 aromatic rings. The largest absolute Gasteiger partial charge is 0.454 e. The van der Waals surface area contributed by atoms with Crippen molar-refractivity contribution in [3.63, 3.8) is 0 Å². The summed E-state index contributed by atoms with van der Waals surface area (Å²) >= 11 is 0. The highest BCUT2D eigenvalue weighted by molar-refractivity contribution is 5.91. The van der Waals surface area contributed by atoms with Gasteiger partial charge < -0.3 is 20.9 Å². The predicted octanol–water partition coefficient (Wildman–Crippen LogP) is 2.16. The summed E-state index contributed by atoms with van der Waals surface area (Å²) in [5.41, 5.74) is 14.0. The maximum Gasteiger partial charge on any atom is 0.231 e. The van der Waals surface area contributed by atoms with Crippen LogP contribution < -0.4 is 20.9 Å². The number of ether oxygens (including phenoxy) is 2. The molecule has 0 atom stereocenters. The third kappa shape index (κ3) is 2.80. The van der Waals surface area contributed by atoms with E-state index in [1.807, 2.05) is 43.3 Å². The SMILES string of the molecule is Cc1c(Cc2nc(N=C(N)N)c3ccccc3n2)ccc2c1OCO2. The number of nitrogens with zero attached hydrogens (tertiary/aromatic N) is 3. The summed E-state index contributed by atoms with van der Waals surface area (Å²) in [7, 11) is 0. The molecule has 0 bridgehead atoms. The molecule has 0 radical (unpaired) electrons. The van der Waals surface area contributed by atoms with E-state index in [2.05, 4.69) is 15.0 Å². The van der Waals surface area contributed by atoms with Crippen LogP contribution in [-0.4, -0.2) is 22.7 Å². The number of aliphatic imine (C=N–C) groups is 1. The summed E-state index contributed by atoms with van der Waals surface area (Å²) in [6.45, 7) is 2.25. The Morgan fingerprint density at radius 1 is 1.12 bits per heavy atom. The third-order valence-corrected chi connectivity index (χ3v) is 4.11. The Morgan fingerprint density at radius 3 is 2.80 bits per heavy atom. The molecule has 2 heterocycles. The highest BCUT2D eigenvalue weighted by Crippen LogP contribution is 2.37. The lowest BCUT2D eigenvalue weighted by Gasteiger charge is -2.09. The highest BCUT2D eigenvalue weighted by Gasteiger charge is 2.19. The number of benzene rings is 2. The lowest BCUT2D eigenvalue weighted by molar-refractivity contribution is 0.173. The first-order valence-electron chi connectivity index (χ1n) is 7.85. The van der Waals surface area contributed by atoms with Gasteiger partial charge in [-0.15, -0.1) is 0 Å². The van der Waals surface area contributed by atoms with Crippen LogP contribution in [-0.2, 0) is 6.42 Å². The quantitative estimate of drug-likeness (QED) is 0.561. The molecule has 4 N–H and O–H groups in total. The van der Waals surface area contributed by atoms with Crippen LogP contribution in [0.1, 0.15) is 17.0 Å². The first-order valence-corrected chi connectivity index (χ1v) is 7.85. The monoisotopic (exact) mass is 335 g/mol. The molecule has 7 nitrogen and oxygen atoms in total. The Labute approximate surface area is 144 Å². The van der Waals surface area contributed by atoms with E-state index >= 15 is 0 Å². The highest BCUT2D eigenvalue weighted by atomic mass is 16.7. The first kappa shape index (κ1) is 15.2. The molecule has 4 rings (SSSR count). The number of hydrogen-bond donors (Lipinski definition) is 2. The molecule has 1 aliphatic rings. The van der Waals surface area contributed by atoms with Crippen molar-refractivity contribution in [1.29, 1.82) is 0 Å². The smallest absolute Gasteiger partial charge is 0.231 e. The van der Waals surface area contributed by atoms with Crippen LogP contribution in [0.25, 0.3) is 10.9 Å². The van der Waals surface area contributed by atoms with Crippen molar-refractivity contribution in [2.45, 2.75) is 13.3 Å². The lowest BCUT2D eigenvalue weighted by atomic mass is 10.0. The fourth-order valence-electron chi connectivity index (χ4n) is 2.91. The van der Waals surface area contributed by atoms with Gasteiger partial charge in [0.2, 0.25) is 6.79 Å². The zero-order valence-corrected chi connectivity index (χ0v) is 13.7. The summed E-state index contributed by atoms with van der Waals surface area (Å²) in [5.74, 6) is 2.62. The van der Waals surface area contributed by atoms with Gasteiger partial charge in [-0.05, 0) is 36.2 Å². The normalized spacial score (nSPS) is 12.4. The van der Waals surface area contributed by atoms with E-state index in [-0.39, 0.29) is 12.8 Å². The van der Waals surface area contributed by atoms with Crippen LogP contribution in [0.15, 0.2) is 41.4 Å². The molecule has 0 aliphatic carbocycles. The van der Waals surface area contributed by atoms with E-state index in [9.17, 15) is 0 Å². The molecule has 0 saturated heterocycles. The van der Waals surface area contributed by atoms with Crippen LogP contribution in [0.5, 0.6) is 11.5 Å². The Kier molecular flexibility index (Phi) is 3.61. The van der Waals surface area contributed by atoms with E-state index in [1.54, 1.807) is 0 Å². The van der Waals surface area contributed by atoms with Gasteiger partial charge in [-0.3, -0.25) is 0 Å². The molecule has 1 aliphatic heterocycles. The first-order chi connectivity index (χ1) is 12.1. The third-order valence-electron chi connectivity index (χ3n) is 4.11. The summed E-state index contributed by atoms with van der Waals surface area (Å²) in [4.78, 5) is 13.3. The summed E-state index contributed by atoms with van der Waals surface area (Å²) < 4.78 is 10.9. The number of hydrogen-bond acceptors (Lipinski definition) is 5. The molecule has 126 valence electrons. The molecule has 2 aromatic carbocycles. The van der Waals surface area contributed by atoms with Gasteiger partial charge in [0.1, 0.15) is 5.82 Å². The number of para-hydroxylation sites is 1. The topological polar surface area (TPSA) is 109 Å². The maximum absolute atomic E-state index is 5.54. The number of nitrogens with two attached hydrogens (primary N) is 2. The second kappa shape index (κ2) is 5.94. The van der Waals surface area contributed by atoms with Crippen LogP contribution in [0.4, 0.5) is 5.82 Å². The van der Waals surface area contributed by atoms with Gasteiger partial charge in [0, 0.05) is 11.8 Å². The number of aromatic nitrogens is 2. The summed E-state index contributed by atoms with van der Waals surface area (Å²) in [6, 6.07) is 11.5. The van der Waals surface area contributed by atoms with E-state index in [4.69, 9.17) is 20.9 Å². The fourth-order valence-corrected chi connectivity index (χ4v) is 2.91. The van der Waals surface area contributed by atoms with Crippen LogP contribution >= 0.6 is 0 Å². The van der Waals surface area contributed by atoms with Crippen molar-refractivity contribution in [1.82, 2.24) is 9.97 Å². The second-order valence-corrected chi connectivity index (χ2v) is 5.78. The van der Waals surface area contributed by atoms with Gasteiger partial charge in [-0.2, -0.15) is 4.99 Å². The van der Waals surface area contributed by atoms with Crippen molar-refractivity contribution in [2.24, 2.45) is 16.5 Å². The van der Waals surface area contributed by atoms with Crippen molar-refractivity contribution in [3.05, 3.63) is 53.3 Å². The molecule has 0 unspecified atom stereocenters. The van der Waals surface area contributed by atoms with Gasteiger partial charge in [0.15, 0.2) is 23.3 Å². The van der Waals surface area contributed by atoms with E-state index < -0.39 is 0 Å². The Balaban J connectivity index is 1.79. The zero-order valence-electron chi connectivity index (χ0n) is 13.7. The predicted molar refractivity (Wildman–Crippen MR) is 95.1 cm³/mol. The Bertz CT molecular complexity index is 996.